The van der Waals surface area contributed by atoms with Gasteiger partial charge in [0.25, 0.3) is 0 Å². The van der Waals surface area contributed by atoms with Gasteiger partial charge in [-0.05, 0) is 42.1 Å². The van der Waals surface area contributed by atoms with E-state index in [1.54, 1.807) is 17.4 Å². The molecule has 0 radical (unpaired) electrons. The van der Waals surface area contributed by atoms with Crippen LogP contribution in [0.3, 0.4) is 0 Å². The number of anilines is 2. The molecule has 0 unspecified atom stereocenters. The molecule has 0 bridgehead atoms. The summed E-state index contributed by atoms with van der Waals surface area (Å²) in [5, 5.41) is 5.43. The van der Waals surface area contributed by atoms with Crippen molar-refractivity contribution in [3.63, 3.8) is 0 Å². The van der Waals surface area contributed by atoms with Gasteiger partial charge >= 0.3 is 5.97 Å². The molecule has 1 aromatic carbocycles. The van der Waals surface area contributed by atoms with E-state index in [1.807, 2.05) is 65.4 Å². The molecule has 0 aliphatic carbocycles. The monoisotopic (exact) mass is 363 g/mol. The molecule has 0 amide bonds. The van der Waals surface area contributed by atoms with Gasteiger partial charge in [-0.1, -0.05) is 24.3 Å². The second-order valence-electron chi connectivity index (χ2n) is 5.88. The van der Waals surface area contributed by atoms with E-state index < -0.39 is 0 Å². The van der Waals surface area contributed by atoms with E-state index in [4.69, 9.17) is 9.72 Å². The number of aromatic nitrogens is 2. The number of imidazole rings is 1. The highest BCUT2D eigenvalue weighted by Crippen LogP contribution is 2.34. The van der Waals surface area contributed by atoms with Crippen molar-refractivity contribution in [1.29, 1.82) is 0 Å². The number of carbonyl (C=O) groups excluding carboxylic acids is 1. The van der Waals surface area contributed by atoms with Crippen molar-refractivity contribution in [3.8, 4) is 10.6 Å². The Labute approximate surface area is 154 Å². The average Bonchev–Trinajstić information content (AvgIpc) is 3.30. The largest absolute Gasteiger partial charge is 0.465 e. The van der Waals surface area contributed by atoms with E-state index in [0.717, 1.165) is 27.6 Å². The minimum atomic E-state index is -0.379. The van der Waals surface area contributed by atoms with Gasteiger partial charge in [-0.15, -0.1) is 11.3 Å². The van der Waals surface area contributed by atoms with Crippen LogP contribution in [0.15, 0.2) is 60.1 Å². The van der Waals surface area contributed by atoms with Gasteiger partial charge in [0.1, 0.15) is 17.2 Å². The zero-order chi connectivity index (χ0) is 18.1. The number of hydrogen-bond donors (Lipinski definition) is 1. The lowest BCUT2D eigenvalue weighted by molar-refractivity contribution is 0.0602. The van der Waals surface area contributed by atoms with E-state index in [0.29, 0.717) is 11.3 Å². The first-order valence-electron chi connectivity index (χ1n) is 8.14. The summed E-state index contributed by atoms with van der Waals surface area (Å²) >= 11 is 1.63. The highest BCUT2D eigenvalue weighted by molar-refractivity contribution is 7.13. The highest BCUT2D eigenvalue weighted by atomic mass is 32.1. The number of esters is 1. The normalized spacial score (nSPS) is 10.8. The van der Waals surface area contributed by atoms with Crippen molar-refractivity contribution in [2.24, 2.45) is 0 Å². The summed E-state index contributed by atoms with van der Waals surface area (Å²) in [4.78, 5) is 18.0. The van der Waals surface area contributed by atoms with E-state index >= 15 is 0 Å². The van der Waals surface area contributed by atoms with Crippen LogP contribution >= 0.6 is 11.3 Å². The van der Waals surface area contributed by atoms with Crippen LogP contribution in [0.4, 0.5) is 11.5 Å². The quantitative estimate of drug-likeness (QED) is 0.524. The summed E-state index contributed by atoms with van der Waals surface area (Å²) in [6.07, 6.45) is 2.03. The van der Waals surface area contributed by atoms with Crippen molar-refractivity contribution in [1.82, 2.24) is 9.38 Å². The summed E-state index contributed by atoms with van der Waals surface area (Å²) in [5.74, 6) is 0.443. The van der Waals surface area contributed by atoms with Crippen LogP contribution in [-0.4, -0.2) is 22.5 Å². The predicted octanol–water partition coefficient (Wildman–Crippen LogP) is 4.90. The lowest BCUT2D eigenvalue weighted by Gasteiger charge is -2.12. The molecular formula is C20H17N3O2S. The van der Waals surface area contributed by atoms with Crippen molar-refractivity contribution >= 4 is 34.5 Å². The first-order valence-corrected chi connectivity index (χ1v) is 9.02. The Hall–Kier alpha value is -3.12. The van der Waals surface area contributed by atoms with E-state index in [-0.39, 0.29) is 5.97 Å². The van der Waals surface area contributed by atoms with Crippen molar-refractivity contribution in [2.75, 3.05) is 12.4 Å². The van der Waals surface area contributed by atoms with Crippen LogP contribution in [-0.2, 0) is 4.74 Å². The molecule has 0 aliphatic heterocycles. The van der Waals surface area contributed by atoms with E-state index in [1.165, 1.54) is 7.11 Å². The molecule has 26 heavy (non-hydrogen) atoms. The first-order chi connectivity index (χ1) is 12.7. The molecule has 1 N–H and O–H groups in total. The van der Waals surface area contributed by atoms with Gasteiger partial charge in [-0.25, -0.2) is 9.78 Å². The number of rotatable bonds is 4. The van der Waals surface area contributed by atoms with Crippen LogP contribution in [0.5, 0.6) is 0 Å². The van der Waals surface area contributed by atoms with Crippen LogP contribution in [0.25, 0.3) is 16.2 Å². The Morgan fingerprint density at radius 2 is 2.00 bits per heavy atom. The van der Waals surface area contributed by atoms with Crippen LogP contribution in [0, 0.1) is 6.92 Å². The summed E-state index contributed by atoms with van der Waals surface area (Å²) < 4.78 is 6.92. The van der Waals surface area contributed by atoms with Gasteiger partial charge in [0.15, 0.2) is 0 Å². The van der Waals surface area contributed by atoms with Crippen molar-refractivity contribution in [3.05, 3.63) is 71.2 Å². The second-order valence-corrected chi connectivity index (χ2v) is 6.83. The third kappa shape index (κ3) is 2.84. The maximum atomic E-state index is 12.1. The Morgan fingerprint density at radius 1 is 1.15 bits per heavy atom. The number of aryl methyl sites for hydroxylation is 1. The van der Waals surface area contributed by atoms with Gasteiger partial charge in [-0.3, -0.25) is 4.40 Å². The molecule has 4 aromatic rings. The fourth-order valence-corrected chi connectivity index (χ4v) is 3.58. The molecule has 6 heteroatoms. The number of pyridine rings is 1. The van der Waals surface area contributed by atoms with Crippen LogP contribution in [0.2, 0.25) is 0 Å². The van der Waals surface area contributed by atoms with Gasteiger partial charge in [0.05, 0.1) is 23.2 Å². The summed E-state index contributed by atoms with van der Waals surface area (Å²) in [6, 6.07) is 15.4. The number of thiophene rings is 1. The lowest BCUT2D eigenvalue weighted by Crippen LogP contribution is -2.06. The summed E-state index contributed by atoms with van der Waals surface area (Å²) in [5.41, 5.74) is 3.98. The van der Waals surface area contributed by atoms with Crippen LogP contribution < -0.4 is 5.32 Å². The molecule has 3 aromatic heterocycles. The topological polar surface area (TPSA) is 55.6 Å². The fourth-order valence-electron chi connectivity index (χ4n) is 2.86. The van der Waals surface area contributed by atoms with Crippen molar-refractivity contribution in [2.45, 2.75) is 6.92 Å². The molecule has 0 saturated carbocycles. The van der Waals surface area contributed by atoms with Crippen molar-refractivity contribution < 1.29 is 9.53 Å². The van der Waals surface area contributed by atoms with Gasteiger partial charge in [0.2, 0.25) is 0 Å². The molecule has 0 saturated heterocycles. The fraction of sp³-hybridized carbons (Fsp3) is 0.100. The zero-order valence-corrected chi connectivity index (χ0v) is 15.2. The number of ether oxygens (including phenoxy) is 1. The standard InChI is InChI=1S/C20H17N3O2S/c1-13-9-10-17-22-18(16-8-5-11-26-16)19(23(17)12-13)21-15-7-4-3-6-14(15)20(24)25-2/h3-12,21H,1-2H3. The molecule has 0 aliphatic rings. The lowest BCUT2D eigenvalue weighted by atomic mass is 10.1. The van der Waals surface area contributed by atoms with E-state index in [2.05, 4.69) is 5.32 Å². The number of nitrogens with one attached hydrogen (secondary N) is 1. The minimum Gasteiger partial charge on any atom is -0.465 e. The number of methoxy groups -OCH3 is 1. The molecule has 4 rings (SSSR count). The number of fused-ring (bicyclic) bond motifs is 1. The molecule has 130 valence electrons. The minimum absolute atomic E-state index is 0.379. The Bertz CT molecular complexity index is 1080. The SMILES string of the molecule is COC(=O)c1ccccc1Nc1c(-c2cccs2)nc2ccc(C)cn12. The average molecular weight is 363 g/mol. The summed E-state index contributed by atoms with van der Waals surface area (Å²) in [7, 11) is 1.38. The number of para-hydroxylation sites is 1. The maximum Gasteiger partial charge on any atom is 0.339 e. The van der Waals surface area contributed by atoms with Gasteiger partial charge < -0.3 is 10.1 Å². The molecule has 3 heterocycles. The third-order valence-electron chi connectivity index (χ3n) is 4.11. The molecule has 5 nitrogen and oxygen atoms in total. The molecular weight excluding hydrogens is 346 g/mol. The number of hydrogen-bond acceptors (Lipinski definition) is 5. The Balaban J connectivity index is 1.90. The number of benzene rings is 1. The zero-order valence-electron chi connectivity index (χ0n) is 14.4. The third-order valence-corrected chi connectivity index (χ3v) is 4.98. The Morgan fingerprint density at radius 3 is 2.77 bits per heavy atom. The van der Waals surface area contributed by atoms with E-state index in [9.17, 15) is 4.79 Å². The van der Waals surface area contributed by atoms with Crippen LogP contribution in [0.1, 0.15) is 15.9 Å². The maximum absolute atomic E-state index is 12.1. The highest BCUT2D eigenvalue weighted by Gasteiger charge is 2.18. The van der Waals surface area contributed by atoms with Gasteiger partial charge in [0, 0.05) is 6.20 Å². The second kappa shape index (κ2) is 6.65. The Kier molecular flexibility index (Phi) is 4.18. The number of carbonyl (C=O) groups is 1. The molecule has 0 spiro atoms. The first kappa shape index (κ1) is 16.4. The predicted molar refractivity (Wildman–Crippen MR) is 104 cm³/mol. The number of nitrogens with zero attached hydrogens (tertiary/aromatic N) is 2. The molecule has 0 atom stereocenters. The summed E-state index contributed by atoms with van der Waals surface area (Å²) in [6.45, 7) is 2.04. The smallest absolute Gasteiger partial charge is 0.339 e. The van der Waals surface area contributed by atoms with Gasteiger partial charge in [-0.2, -0.15) is 0 Å². The molecule has 0 fully saturated rings.